The molecule has 5 nitrogen and oxygen atoms in total. The number of amides is 1. The topological polar surface area (TPSA) is 91.2 Å². The molecule has 2 rings (SSSR count). The number of carbonyl (C=O) groups excluding carboxylic acids is 1. The van der Waals surface area contributed by atoms with Gasteiger partial charge in [-0.1, -0.05) is 12.1 Å². The van der Waals surface area contributed by atoms with Crippen molar-refractivity contribution in [2.24, 2.45) is 5.73 Å². The van der Waals surface area contributed by atoms with Gasteiger partial charge < -0.3 is 16.2 Å². The first-order chi connectivity index (χ1) is 8.58. The van der Waals surface area contributed by atoms with Gasteiger partial charge in [0.1, 0.15) is 5.75 Å². The quantitative estimate of drug-likeness (QED) is 0.910. The van der Waals surface area contributed by atoms with Crippen molar-refractivity contribution in [3.63, 3.8) is 0 Å². The van der Waals surface area contributed by atoms with Gasteiger partial charge in [-0.2, -0.15) is 0 Å². The summed E-state index contributed by atoms with van der Waals surface area (Å²) in [6.45, 7) is 0. The van der Waals surface area contributed by atoms with Crippen LogP contribution in [0.4, 0.5) is 5.69 Å². The van der Waals surface area contributed by atoms with Crippen molar-refractivity contribution in [1.29, 1.82) is 0 Å². The van der Waals surface area contributed by atoms with Crippen LogP contribution < -0.4 is 16.2 Å². The van der Waals surface area contributed by atoms with Crippen molar-refractivity contribution < 1.29 is 9.53 Å². The van der Waals surface area contributed by atoms with E-state index in [1.807, 2.05) is 18.2 Å². The number of pyridine rings is 1. The number of aromatic nitrogens is 1. The highest BCUT2D eigenvalue weighted by Gasteiger charge is 2.10. The summed E-state index contributed by atoms with van der Waals surface area (Å²) >= 11 is 3.35. The maximum atomic E-state index is 11.1. The second kappa shape index (κ2) is 5.05. The Morgan fingerprint density at radius 3 is 2.72 bits per heavy atom. The third-order valence-electron chi connectivity index (χ3n) is 2.23. The van der Waals surface area contributed by atoms with E-state index in [0.29, 0.717) is 5.75 Å². The number of ether oxygens (including phenoxy) is 1. The van der Waals surface area contributed by atoms with Crippen LogP contribution in [0.2, 0.25) is 0 Å². The van der Waals surface area contributed by atoms with Crippen LogP contribution in [0.25, 0.3) is 0 Å². The Hall–Kier alpha value is -2.08. The normalized spacial score (nSPS) is 10.1. The zero-order chi connectivity index (χ0) is 13.1. The molecule has 0 aliphatic carbocycles. The van der Waals surface area contributed by atoms with Crippen molar-refractivity contribution >= 4 is 27.5 Å². The van der Waals surface area contributed by atoms with Crippen molar-refractivity contribution in [3.05, 3.63) is 46.6 Å². The number of nitrogens with zero attached hydrogens (tertiary/aromatic N) is 1. The third kappa shape index (κ3) is 2.60. The number of carbonyl (C=O) groups is 1. The second-order valence-electron chi connectivity index (χ2n) is 3.51. The van der Waals surface area contributed by atoms with E-state index >= 15 is 0 Å². The third-order valence-corrected chi connectivity index (χ3v) is 2.88. The lowest BCUT2D eigenvalue weighted by Gasteiger charge is -2.08. The molecule has 6 heteroatoms. The molecule has 1 aromatic carbocycles. The summed E-state index contributed by atoms with van der Waals surface area (Å²) in [5, 5.41) is 0. The Labute approximate surface area is 112 Å². The summed E-state index contributed by atoms with van der Waals surface area (Å²) in [5.74, 6) is 0.224. The molecule has 0 spiro atoms. The molecule has 2 aromatic rings. The van der Waals surface area contributed by atoms with Gasteiger partial charge >= 0.3 is 0 Å². The number of halogens is 1. The molecule has 1 aromatic heterocycles. The molecule has 92 valence electrons. The molecule has 18 heavy (non-hydrogen) atoms. The predicted octanol–water partition coefficient (Wildman–Crippen LogP) is 2.32. The first-order valence-corrected chi connectivity index (χ1v) is 5.85. The number of hydrogen-bond donors (Lipinski definition) is 2. The molecule has 0 fully saturated rings. The highest BCUT2D eigenvalue weighted by atomic mass is 79.9. The van der Waals surface area contributed by atoms with Crippen LogP contribution >= 0.6 is 15.9 Å². The average molecular weight is 308 g/mol. The number of anilines is 1. The summed E-state index contributed by atoms with van der Waals surface area (Å²) in [4.78, 5) is 15.1. The standard InChI is InChI=1S/C12H10BrN3O2/c13-8-3-1-2-4-10(8)18-11-5-7(12(15)17)9(14)6-16-11/h1-6H,14H2,(H2,15,17). The molecular weight excluding hydrogens is 298 g/mol. The minimum absolute atomic E-state index is 0.187. The Morgan fingerprint density at radius 1 is 1.33 bits per heavy atom. The van der Waals surface area contributed by atoms with E-state index in [4.69, 9.17) is 16.2 Å². The second-order valence-corrected chi connectivity index (χ2v) is 4.36. The molecule has 0 saturated heterocycles. The lowest BCUT2D eigenvalue weighted by Crippen LogP contribution is -2.13. The lowest BCUT2D eigenvalue weighted by molar-refractivity contribution is 0.100. The lowest BCUT2D eigenvalue weighted by atomic mass is 10.2. The number of rotatable bonds is 3. The van der Waals surface area contributed by atoms with Gasteiger partial charge in [0.15, 0.2) is 0 Å². The van der Waals surface area contributed by atoms with Crippen LogP contribution in [0, 0.1) is 0 Å². The van der Waals surface area contributed by atoms with Crippen molar-refractivity contribution in [2.45, 2.75) is 0 Å². The number of hydrogen-bond acceptors (Lipinski definition) is 4. The van der Waals surface area contributed by atoms with Crippen LogP contribution in [0.3, 0.4) is 0 Å². The number of benzene rings is 1. The van der Waals surface area contributed by atoms with E-state index < -0.39 is 5.91 Å². The largest absolute Gasteiger partial charge is 0.438 e. The smallest absolute Gasteiger partial charge is 0.251 e. The first-order valence-electron chi connectivity index (χ1n) is 5.05. The molecule has 0 atom stereocenters. The van der Waals surface area contributed by atoms with Gasteiger partial charge in [-0.05, 0) is 28.1 Å². The molecule has 0 saturated carbocycles. The summed E-state index contributed by atoms with van der Waals surface area (Å²) in [5.41, 5.74) is 11.2. The van der Waals surface area contributed by atoms with Crippen LogP contribution in [-0.4, -0.2) is 10.9 Å². The van der Waals surface area contributed by atoms with E-state index in [0.717, 1.165) is 4.47 Å². The van der Waals surface area contributed by atoms with E-state index in [1.165, 1.54) is 12.3 Å². The first kappa shape index (κ1) is 12.4. The zero-order valence-electron chi connectivity index (χ0n) is 9.26. The minimum Gasteiger partial charge on any atom is -0.438 e. The van der Waals surface area contributed by atoms with Crippen molar-refractivity contribution in [3.8, 4) is 11.6 Å². The average Bonchev–Trinajstić information content (AvgIpc) is 2.34. The Morgan fingerprint density at radius 2 is 2.06 bits per heavy atom. The fraction of sp³-hybridized carbons (Fsp3) is 0. The molecule has 0 aliphatic rings. The van der Waals surface area contributed by atoms with Crippen LogP contribution in [0.15, 0.2) is 41.0 Å². The molecule has 1 heterocycles. The minimum atomic E-state index is -0.619. The SMILES string of the molecule is NC(=O)c1cc(Oc2ccccc2Br)ncc1N. The van der Waals surface area contributed by atoms with Crippen LogP contribution in [0.5, 0.6) is 11.6 Å². The summed E-state index contributed by atoms with van der Waals surface area (Å²) in [6, 6.07) is 8.71. The molecule has 1 amide bonds. The van der Waals surface area contributed by atoms with Gasteiger partial charge in [0.25, 0.3) is 5.91 Å². The molecular formula is C12H10BrN3O2. The van der Waals surface area contributed by atoms with Gasteiger partial charge in [-0.15, -0.1) is 0 Å². The van der Waals surface area contributed by atoms with Gasteiger partial charge in [-0.25, -0.2) is 4.98 Å². The molecule has 0 bridgehead atoms. The molecule has 4 N–H and O–H groups in total. The van der Waals surface area contributed by atoms with E-state index in [2.05, 4.69) is 20.9 Å². The van der Waals surface area contributed by atoms with E-state index in [-0.39, 0.29) is 17.1 Å². The van der Waals surface area contributed by atoms with Gasteiger partial charge in [-0.3, -0.25) is 4.79 Å². The fourth-order valence-corrected chi connectivity index (χ4v) is 1.72. The van der Waals surface area contributed by atoms with Crippen molar-refractivity contribution in [2.75, 3.05) is 5.73 Å². The molecule has 0 radical (unpaired) electrons. The molecule has 0 unspecified atom stereocenters. The van der Waals surface area contributed by atoms with Gasteiger partial charge in [0, 0.05) is 6.07 Å². The number of nitrogens with two attached hydrogens (primary N) is 2. The molecule has 0 aliphatic heterocycles. The van der Waals surface area contributed by atoms with Gasteiger partial charge in [0.05, 0.1) is 21.9 Å². The summed E-state index contributed by atoms with van der Waals surface area (Å²) in [6.07, 6.45) is 1.34. The number of nitrogen functional groups attached to an aromatic ring is 1. The predicted molar refractivity (Wildman–Crippen MR) is 71.4 cm³/mol. The van der Waals surface area contributed by atoms with E-state index in [9.17, 15) is 4.79 Å². The Kier molecular flexibility index (Phi) is 3.47. The van der Waals surface area contributed by atoms with E-state index in [1.54, 1.807) is 6.07 Å². The summed E-state index contributed by atoms with van der Waals surface area (Å²) in [7, 11) is 0. The maximum Gasteiger partial charge on any atom is 0.251 e. The van der Waals surface area contributed by atoms with Crippen molar-refractivity contribution in [1.82, 2.24) is 4.98 Å². The maximum absolute atomic E-state index is 11.1. The number of para-hydroxylation sites is 1. The fourth-order valence-electron chi connectivity index (χ4n) is 1.36. The monoisotopic (exact) mass is 307 g/mol. The highest BCUT2D eigenvalue weighted by molar-refractivity contribution is 9.10. The highest BCUT2D eigenvalue weighted by Crippen LogP contribution is 2.29. The summed E-state index contributed by atoms with van der Waals surface area (Å²) < 4.78 is 6.32. The number of primary amides is 1. The Balaban J connectivity index is 2.33. The Bertz CT molecular complexity index is 602. The zero-order valence-corrected chi connectivity index (χ0v) is 10.8. The van der Waals surface area contributed by atoms with Gasteiger partial charge in [0.2, 0.25) is 5.88 Å². The van der Waals surface area contributed by atoms with Crippen LogP contribution in [0.1, 0.15) is 10.4 Å². The van der Waals surface area contributed by atoms with Crippen LogP contribution in [-0.2, 0) is 0 Å².